The van der Waals surface area contributed by atoms with E-state index in [-0.39, 0.29) is 17.9 Å². The molecular formula is C13H26N2O. The Morgan fingerprint density at radius 3 is 2.50 bits per heavy atom. The third-order valence-electron chi connectivity index (χ3n) is 3.59. The van der Waals surface area contributed by atoms with Crippen molar-refractivity contribution in [2.24, 2.45) is 17.1 Å². The van der Waals surface area contributed by atoms with E-state index in [9.17, 15) is 4.79 Å². The average molecular weight is 226 g/mol. The molecule has 1 amide bonds. The first kappa shape index (κ1) is 13.5. The van der Waals surface area contributed by atoms with Crippen molar-refractivity contribution in [1.82, 2.24) is 5.32 Å². The van der Waals surface area contributed by atoms with Gasteiger partial charge in [-0.25, -0.2) is 0 Å². The molecule has 3 N–H and O–H groups in total. The van der Waals surface area contributed by atoms with Gasteiger partial charge < -0.3 is 11.1 Å². The Hall–Kier alpha value is -0.570. The van der Waals surface area contributed by atoms with Crippen LogP contribution >= 0.6 is 0 Å². The van der Waals surface area contributed by atoms with Crippen LogP contribution in [0.5, 0.6) is 0 Å². The summed E-state index contributed by atoms with van der Waals surface area (Å²) in [6.45, 7) is 8.68. The van der Waals surface area contributed by atoms with Gasteiger partial charge in [-0.15, -0.1) is 0 Å². The summed E-state index contributed by atoms with van der Waals surface area (Å²) in [7, 11) is 0. The Morgan fingerprint density at radius 2 is 2.06 bits per heavy atom. The molecule has 0 aliphatic heterocycles. The van der Waals surface area contributed by atoms with Gasteiger partial charge in [0.05, 0.1) is 6.04 Å². The number of rotatable bonds is 4. The Balaban J connectivity index is 2.55. The molecule has 0 spiro atoms. The minimum absolute atomic E-state index is 0.182. The fraction of sp³-hybridized carbons (Fsp3) is 0.923. The Kier molecular flexibility index (Phi) is 4.36. The van der Waals surface area contributed by atoms with E-state index in [2.05, 4.69) is 19.2 Å². The van der Waals surface area contributed by atoms with Gasteiger partial charge in [-0.1, -0.05) is 34.1 Å². The number of nitrogens with two attached hydrogens (primary N) is 1. The summed E-state index contributed by atoms with van der Waals surface area (Å²) in [6, 6.07) is 0.266. The molecule has 1 rings (SSSR count). The van der Waals surface area contributed by atoms with Crippen LogP contribution < -0.4 is 11.1 Å². The lowest BCUT2D eigenvalue weighted by molar-refractivity contribution is -0.121. The van der Waals surface area contributed by atoms with Crippen LogP contribution in [-0.2, 0) is 4.79 Å². The van der Waals surface area contributed by atoms with E-state index in [1.165, 1.54) is 19.3 Å². The Morgan fingerprint density at radius 1 is 1.44 bits per heavy atom. The summed E-state index contributed by atoms with van der Waals surface area (Å²) < 4.78 is 0. The van der Waals surface area contributed by atoms with Crippen molar-refractivity contribution in [2.45, 2.75) is 65.5 Å². The molecule has 0 bridgehead atoms. The third-order valence-corrected chi connectivity index (χ3v) is 3.59. The maximum atomic E-state index is 11.3. The van der Waals surface area contributed by atoms with Crippen LogP contribution in [0.25, 0.3) is 0 Å². The highest BCUT2D eigenvalue weighted by molar-refractivity contribution is 5.80. The summed E-state index contributed by atoms with van der Waals surface area (Å²) >= 11 is 0. The zero-order chi connectivity index (χ0) is 12.3. The number of amides is 1. The first-order chi connectivity index (χ1) is 7.32. The highest BCUT2D eigenvalue weighted by atomic mass is 16.1. The second-order valence-corrected chi connectivity index (χ2v) is 6.25. The summed E-state index contributed by atoms with van der Waals surface area (Å²) in [5.41, 5.74) is 5.82. The van der Waals surface area contributed by atoms with Crippen LogP contribution in [0.4, 0.5) is 0 Å². The summed E-state index contributed by atoms with van der Waals surface area (Å²) in [4.78, 5) is 11.3. The van der Waals surface area contributed by atoms with Crippen LogP contribution in [0, 0.1) is 11.3 Å². The highest BCUT2D eigenvalue weighted by Gasteiger charge is 2.31. The normalized spacial score (nSPS) is 26.7. The van der Waals surface area contributed by atoms with Gasteiger partial charge in [0.15, 0.2) is 0 Å². The molecule has 3 nitrogen and oxygen atoms in total. The molecule has 2 atom stereocenters. The second kappa shape index (κ2) is 5.17. The van der Waals surface area contributed by atoms with Crippen LogP contribution in [-0.4, -0.2) is 18.0 Å². The topological polar surface area (TPSA) is 55.1 Å². The fourth-order valence-electron chi connectivity index (χ4n) is 2.70. The third kappa shape index (κ3) is 3.78. The van der Waals surface area contributed by atoms with Gasteiger partial charge in [0.2, 0.25) is 5.91 Å². The lowest BCUT2D eigenvalue weighted by Crippen LogP contribution is -2.51. The van der Waals surface area contributed by atoms with Crippen LogP contribution in [0.1, 0.15) is 53.4 Å². The number of carbonyl (C=O) groups is 1. The van der Waals surface area contributed by atoms with E-state index in [1.807, 2.05) is 13.8 Å². The molecule has 0 radical (unpaired) electrons. The van der Waals surface area contributed by atoms with E-state index in [0.717, 1.165) is 6.42 Å². The van der Waals surface area contributed by atoms with Crippen molar-refractivity contribution in [2.75, 3.05) is 0 Å². The number of carbonyl (C=O) groups excluding carboxylic acids is 1. The fourth-order valence-corrected chi connectivity index (χ4v) is 2.70. The lowest BCUT2D eigenvalue weighted by Gasteiger charge is -2.37. The molecule has 94 valence electrons. The highest BCUT2D eigenvalue weighted by Crippen LogP contribution is 2.35. The summed E-state index contributed by atoms with van der Waals surface area (Å²) in [5, 5.41) is 3.44. The predicted octanol–water partition coefficient (Wildman–Crippen LogP) is 2.05. The van der Waals surface area contributed by atoms with Gasteiger partial charge in [-0.3, -0.25) is 4.79 Å². The minimum atomic E-state index is -0.224. The summed E-state index contributed by atoms with van der Waals surface area (Å²) in [5.74, 6) is 0.0425. The molecule has 1 aliphatic rings. The van der Waals surface area contributed by atoms with E-state index in [1.54, 1.807) is 0 Å². The number of hydrogen-bond acceptors (Lipinski definition) is 2. The molecule has 16 heavy (non-hydrogen) atoms. The second-order valence-electron chi connectivity index (χ2n) is 6.25. The van der Waals surface area contributed by atoms with Gasteiger partial charge in [0.1, 0.15) is 0 Å². The van der Waals surface area contributed by atoms with Crippen molar-refractivity contribution in [3.63, 3.8) is 0 Å². The number of primary amides is 1. The van der Waals surface area contributed by atoms with Crippen LogP contribution in [0.3, 0.4) is 0 Å². The maximum Gasteiger partial charge on any atom is 0.234 e. The molecule has 3 heteroatoms. The van der Waals surface area contributed by atoms with Gasteiger partial charge >= 0.3 is 0 Å². The number of nitrogens with one attached hydrogen (secondary N) is 1. The van der Waals surface area contributed by atoms with Gasteiger partial charge in [-0.2, -0.15) is 0 Å². The maximum absolute atomic E-state index is 11.3. The zero-order valence-corrected chi connectivity index (χ0v) is 11.0. The lowest BCUT2D eigenvalue weighted by atomic mass is 9.75. The molecule has 1 fully saturated rings. The standard InChI is InChI=1S/C13H26N2O/c1-9(2)11(12(14)16)15-10-6-5-7-13(3,4)8-10/h9-11,15H,5-8H2,1-4H3,(H2,14,16). The van der Waals surface area contributed by atoms with Crippen molar-refractivity contribution in [3.8, 4) is 0 Å². The van der Waals surface area contributed by atoms with Crippen molar-refractivity contribution in [3.05, 3.63) is 0 Å². The monoisotopic (exact) mass is 226 g/mol. The molecule has 1 saturated carbocycles. The molecule has 0 heterocycles. The molecule has 0 aromatic heterocycles. The largest absolute Gasteiger partial charge is 0.368 e. The quantitative estimate of drug-likeness (QED) is 0.771. The van der Waals surface area contributed by atoms with E-state index in [0.29, 0.717) is 11.5 Å². The first-order valence-corrected chi connectivity index (χ1v) is 6.37. The molecule has 2 unspecified atom stereocenters. The van der Waals surface area contributed by atoms with Gasteiger partial charge in [-0.05, 0) is 30.6 Å². The van der Waals surface area contributed by atoms with Gasteiger partial charge in [0.25, 0.3) is 0 Å². The Labute approximate surface area is 99.2 Å². The predicted molar refractivity (Wildman–Crippen MR) is 67.0 cm³/mol. The van der Waals surface area contributed by atoms with E-state index >= 15 is 0 Å². The van der Waals surface area contributed by atoms with Crippen LogP contribution in [0.15, 0.2) is 0 Å². The molecular weight excluding hydrogens is 200 g/mol. The molecule has 1 aliphatic carbocycles. The SMILES string of the molecule is CC(C)C(NC1CCCC(C)(C)C1)C(N)=O. The van der Waals surface area contributed by atoms with Crippen molar-refractivity contribution in [1.29, 1.82) is 0 Å². The smallest absolute Gasteiger partial charge is 0.234 e. The Bertz CT molecular complexity index is 248. The minimum Gasteiger partial charge on any atom is -0.368 e. The summed E-state index contributed by atoms with van der Waals surface area (Å²) in [6.07, 6.45) is 4.84. The van der Waals surface area contributed by atoms with Crippen molar-refractivity contribution >= 4 is 5.91 Å². The molecule has 0 aromatic carbocycles. The van der Waals surface area contributed by atoms with E-state index < -0.39 is 0 Å². The first-order valence-electron chi connectivity index (χ1n) is 6.37. The molecule has 0 aromatic rings. The van der Waals surface area contributed by atoms with Crippen LogP contribution in [0.2, 0.25) is 0 Å². The average Bonchev–Trinajstić information content (AvgIpc) is 2.11. The molecule has 0 saturated heterocycles. The van der Waals surface area contributed by atoms with Crippen molar-refractivity contribution < 1.29 is 4.79 Å². The van der Waals surface area contributed by atoms with Gasteiger partial charge in [0, 0.05) is 6.04 Å². The number of hydrogen-bond donors (Lipinski definition) is 2. The van der Waals surface area contributed by atoms with E-state index in [4.69, 9.17) is 5.73 Å². The zero-order valence-electron chi connectivity index (χ0n) is 11.0.